The molecule has 1 fully saturated rings. The van der Waals surface area contributed by atoms with Gasteiger partial charge >= 0.3 is 6.18 Å². The number of carbonyl (C=O) groups excluding carboxylic acids is 2. The molecule has 0 spiro atoms. The molecule has 1 aliphatic heterocycles. The van der Waals surface area contributed by atoms with Gasteiger partial charge in [-0.05, 0) is 19.1 Å². The van der Waals surface area contributed by atoms with E-state index in [1.54, 1.807) is 0 Å². The molecule has 2 amide bonds. The predicted octanol–water partition coefficient (Wildman–Crippen LogP) is 3.68. The fourth-order valence-corrected chi connectivity index (χ4v) is 3.96. The number of benzene rings is 1. The maximum atomic E-state index is 14.5. The Hall–Kier alpha value is -3.35. The molecule has 34 heavy (non-hydrogen) atoms. The molecule has 1 saturated heterocycles. The molecule has 0 unspecified atom stereocenters. The van der Waals surface area contributed by atoms with Crippen LogP contribution in [-0.4, -0.2) is 41.8 Å². The summed E-state index contributed by atoms with van der Waals surface area (Å²) in [5.74, 6) is -10.2. The number of hydrogen-bond acceptors (Lipinski definition) is 5. The van der Waals surface area contributed by atoms with E-state index in [4.69, 9.17) is 15.2 Å². The maximum absolute atomic E-state index is 14.5. The molecule has 0 radical (unpaired) electrons. The number of nitrogens with zero attached hydrogens (tertiary/aromatic N) is 1. The molecule has 1 aromatic heterocycles. The molecule has 0 bridgehead atoms. The second-order valence-corrected chi connectivity index (χ2v) is 7.82. The minimum Gasteiger partial charge on any atom is -0.493 e. The molecule has 3 N–H and O–H groups in total. The largest absolute Gasteiger partial charge is 0.493 e. The smallest absolute Gasteiger partial charge is 0.417 e. The van der Waals surface area contributed by atoms with E-state index < -0.39 is 76.1 Å². The summed E-state index contributed by atoms with van der Waals surface area (Å²) in [6.45, 7) is 1.84. The summed E-state index contributed by atoms with van der Waals surface area (Å²) < 4.78 is 94.5. The van der Waals surface area contributed by atoms with Crippen LogP contribution in [0.15, 0.2) is 24.4 Å². The minimum absolute atomic E-state index is 0.255. The molecule has 7 nitrogen and oxygen atoms in total. The number of methoxy groups -OCH3 is 1. The second kappa shape index (κ2) is 8.78. The fraction of sp³-hybridized carbons (Fsp3) is 0.381. The number of anilines is 1. The van der Waals surface area contributed by atoms with Crippen LogP contribution in [0.25, 0.3) is 0 Å². The number of aromatic nitrogens is 1. The van der Waals surface area contributed by atoms with Gasteiger partial charge in [-0.15, -0.1) is 0 Å². The molecule has 184 valence electrons. The highest BCUT2D eigenvalue weighted by atomic mass is 19.4. The van der Waals surface area contributed by atoms with Crippen LogP contribution in [-0.2, 0) is 9.53 Å². The lowest BCUT2D eigenvalue weighted by Gasteiger charge is -2.32. The highest BCUT2D eigenvalue weighted by Crippen LogP contribution is 2.55. The van der Waals surface area contributed by atoms with Crippen molar-refractivity contribution in [1.29, 1.82) is 0 Å². The van der Waals surface area contributed by atoms with Gasteiger partial charge < -0.3 is 20.5 Å². The zero-order valence-corrected chi connectivity index (χ0v) is 18.0. The first-order valence-corrected chi connectivity index (χ1v) is 9.76. The van der Waals surface area contributed by atoms with E-state index in [9.17, 15) is 35.9 Å². The molecular formula is C21H19F6N3O4. The molecule has 0 aliphatic carbocycles. The van der Waals surface area contributed by atoms with Gasteiger partial charge in [0.2, 0.25) is 5.82 Å². The van der Waals surface area contributed by atoms with Crippen LogP contribution in [0.5, 0.6) is 5.75 Å². The lowest BCUT2D eigenvalue weighted by Crippen LogP contribution is -2.47. The van der Waals surface area contributed by atoms with Crippen molar-refractivity contribution in [1.82, 2.24) is 4.98 Å². The van der Waals surface area contributed by atoms with E-state index >= 15 is 0 Å². The summed E-state index contributed by atoms with van der Waals surface area (Å²) >= 11 is 0. The van der Waals surface area contributed by atoms with Crippen molar-refractivity contribution in [3.8, 4) is 5.75 Å². The Morgan fingerprint density at radius 3 is 2.38 bits per heavy atom. The molecule has 2 heterocycles. The lowest BCUT2D eigenvalue weighted by atomic mass is 9.77. The van der Waals surface area contributed by atoms with Crippen LogP contribution in [0.4, 0.5) is 32.0 Å². The fourth-order valence-electron chi connectivity index (χ4n) is 3.96. The normalized spacial score (nSPS) is 24.7. The quantitative estimate of drug-likeness (QED) is 0.622. The third kappa shape index (κ3) is 4.04. The number of nitrogens with two attached hydrogens (primary N) is 1. The number of primary amides is 1. The number of carbonyl (C=O) groups is 2. The van der Waals surface area contributed by atoms with Gasteiger partial charge in [0, 0.05) is 23.6 Å². The monoisotopic (exact) mass is 491 g/mol. The number of pyridine rings is 1. The number of alkyl halides is 3. The van der Waals surface area contributed by atoms with E-state index in [2.05, 4.69) is 10.3 Å². The number of rotatable bonds is 5. The molecule has 1 aliphatic rings. The van der Waals surface area contributed by atoms with Crippen LogP contribution in [0.2, 0.25) is 0 Å². The van der Waals surface area contributed by atoms with Gasteiger partial charge in [-0.3, -0.25) is 9.59 Å². The van der Waals surface area contributed by atoms with Crippen molar-refractivity contribution in [2.24, 2.45) is 11.7 Å². The first kappa shape index (κ1) is 25.3. The minimum atomic E-state index is -4.97. The molecule has 2 aromatic rings. The summed E-state index contributed by atoms with van der Waals surface area (Å²) in [6.07, 6.45) is -5.95. The Bertz CT molecular complexity index is 1140. The van der Waals surface area contributed by atoms with E-state index in [-0.39, 0.29) is 5.56 Å². The van der Waals surface area contributed by atoms with Crippen molar-refractivity contribution >= 4 is 17.5 Å². The van der Waals surface area contributed by atoms with Crippen LogP contribution in [0.3, 0.4) is 0 Å². The van der Waals surface area contributed by atoms with Crippen LogP contribution >= 0.6 is 0 Å². The maximum Gasteiger partial charge on any atom is 0.417 e. The van der Waals surface area contributed by atoms with Gasteiger partial charge in [0.15, 0.2) is 28.7 Å². The lowest BCUT2D eigenvalue weighted by molar-refractivity contribution is -0.272. The van der Waals surface area contributed by atoms with Crippen LogP contribution in [0, 0.1) is 23.4 Å². The number of halogens is 6. The second-order valence-electron chi connectivity index (χ2n) is 7.82. The van der Waals surface area contributed by atoms with Crippen LogP contribution < -0.4 is 15.8 Å². The zero-order valence-electron chi connectivity index (χ0n) is 18.0. The SMILES string of the molecule is COc1c([C@@H]2[C@@H](C(=O)Nc3ccnc(C(N)=O)c3F)O[C@](C)(C(F)(F)F)[C@@H]2C)ccc(F)c1F. The first-order chi connectivity index (χ1) is 15.7. The molecule has 0 saturated carbocycles. The number of amides is 2. The molecule has 4 atom stereocenters. The summed E-state index contributed by atoms with van der Waals surface area (Å²) in [5, 5.41) is 2.06. The average Bonchev–Trinajstić information content (AvgIpc) is 3.03. The van der Waals surface area contributed by atoms with Crippen molar-refractivity contribution in [2.45, 2.75) is 37.6 Å². The zero-order chi connectivity index (χ0) is 25.6. The van der Waals surface area contributed by atoms with Gasteiger partial charge in [-0.25, -0.2) is 13.8 Å². The third-order valence-electron chi connectivity index (χ3n) is 5.95. The molecule has 3 rings (SSSR count). The van der Waals surface area contributed by atoms with E-state index in [0.29, 0.717) is 13.0 Å². The molecule has 1 aromatic carbocycles. The summed E-state index contributed by atoms with van der Waals surface area (Å²) in [4.78, 5) is 27.8. The van der Waals surface area contributed by atoms with Crippen molar-refractivity contribution in [2.75, 3.05) is 12.4 Å². The van der Waals surface area contributed by atoms with Gasteiger partial charge in [-0.1, -0.05) is 13.0 Å². The topological polar surface area (TPSA) is 104 Å². The van der Waals surface area contributed by atoms with Crippen molar-refractivity contribution < 1.29 is 45.4 Å². The average molecular weight is 491 g/mol. The third-order valence-corrected chi connectivity index (χ3v) is 5.95. The Balaban J connectivity index is 2.11. The van der Waals surface area contributed by atoms with E-state index in [1.165, 1.54) is 0 Å². The molecule has 13 heteroatoms. The standard InChI is InChI=1S/C21H19F6N3O4/c1-8-12(9-4-5-10(22)13(23)16(9)33-3)17(34-20(8,2)21(25,26)27)19(32)30-11-6-7-29-15(14(11)24)18(28)31/h4-8,12,17H,1-3H3,(H2,28,31)(H,29,30,32)/t8-,12-,17+,20+/m1/s1. The number of nitrogens with one attached hydrogen (secondary N) is 1. The number of ether oxygens (including phenoxy) is 2. The Kier molecular flexibility index (Phi) is 6.53. The Morgan fingerprint density at radius 2 is 1.82 bits per heavy atom. The van der Waals surface area contributed by atoms with E-state index in [0.717, 1.165) is 32.4 Å². The van der Waals surface area contributed by atoms with Gasteiger partial charge in [0.05, 0.1) is 12.8 Å². The highest BCUT2D eigenvalue weighted by molar-refractivity contribution is 5.97. The Labute approximate surface area is 189 Å². The van der Waals surface area contributed by atoms with E-state index in [1.807, 2.05) is 0 Å². The summed E-state index contributed by atoms with van der Waals surface area (Å²) in [6, 6.07) is 2.62. The van der Waals surface area contributed by atoms with Crippen molar-refractivity contribution in [3.05, 3.63) is 53.1 Å². The summed E-state index contributed by atoms with van der Waals surface area (Å²) in [5.41, 5.74) is 0.468. The van der Waals surface area contributed by atoms with Crippen molar-refractivity contribution in [3.63, 3.8) is 0 Å². The van der Waals surface area contributed by atoms with Crippen LogP contribution in [0.1, 0.15) is 35.8 Å². The molecular weight excluding hydrogens is 472 g/mol. The Morgan fingerprint density at radius 1 is 1.18 bits per heavy atom. The summed E-state index contributed by atoms with van der Waals surface area (Å²) in [7, 11) is 0.984. The van der Waals surface area contributed by atoms with Gasteiger partial charge in [0.25, 0.3) is 11.8 Å². The number of hydrogen-bond donors (Lipinski definition) is 2. The predicted molar refractivity (Wildman–Crippen MR) is 105 cm³/mol. The highest BCUT2D eigenvalue weighted by Gasteiger charge is 2.66. The first-order valence-electron chi connectivity index (χ1n) is 9.76. The van der Waals surface area contributed by atoms with Gasteiger partial charge in [-0.2, -0.15) is 17.6 Å². The van der Waals surface area contributed by atoms with Gasteiger partial charge in [0.1, 0.15) is 6.10 Å².